The molecule has 492 valence electrons. The maximum Gasteiger partial charge on any atom is 0.306 e. The number of unbranched alkanes of at least 4 members (excludes halogenated alkanes) is 42. The number of carbonyl (C=O) groups is 6. The van der Waals surface area contributed by atoms with Gasteiger partial charge in [0.1, 0.15) is 0 Å². The minimum absolute atomic E-state index is 0.0477. The predicted molar refractivity (Wildman–Crippen MR) is 343 cm³/mol. The van der Waals surface area contributed by atoms with Crippen molar-refractivity contribution in [3.8, 4) is 0 Å². The minimum atomic E-state index is -1.55. The van der Waals surface area contributed by atoms with E-state index in [1.165, 1.54) is 116 Å². The second-order valence-corrected chi connectivity index (χ2v) is 25.1. The van der Waals surface area contributed by atoms with E-state index in [0.717, 1.165) is 154 Å². The third kappa shape index (κ3) is 43.4. The Hall–Kier alpha value is -3.18. The van der Waals surface area contributed by atoms with Crippen molar-refractivity contribution >= 4 is 35.8 Å². The first-order valence-electron chi connectivity index (χ1n) is 36.2. The average molecular weight is 1190 g/mol. The fraction of sp³-hybridized carbons (Fsp3) is 0.917. The maximum atomic E-state index is 14.4. The molecule has 0 heterocycles. The van der Waals surface area contributed by atoms with Crippen LogP contribution in [0.3, 0.4) is 0 Å². The van der Waals surface area contributed by atoms with Gasteiger partial charge in [-0.25, -0.2) is 0 Å². The van der Waals surface area contributed by atoms with Gasteiger partial charge in [0.05, 0.1) is 0 Å². The van der Waals surface area contributed by atoms with Crippen LogP contribution in [0.2, 0.25) is 0 Å². The summed E-state index contributed by atoms with van der Waals surface area (Å²) in [7, 11) is 0. The molecule has 0 atom stereocenters. The summed E-state index contributed by atoms with van der Waals surface area (Å²) in [4.78, 5) is 86.1. The molecule has 0 radical (unpaired) electrons. The third-order valence-corrected chi connectivity index (χ3v) is 17.0. The molecule has 0 amide bonds. The van der Waals surface area contributed by atoms with Crippen molar-refractivity contribution in [3.05, 3.63) is 0 Å². The van der Waals surface area contributed by atoms with Crippen molar-refractivity contribution in [2.75, 3.05) is 0 Å². The molecule has 0 bridgehead atoms. The second-order valence-electron chi connectivity index (χ2n) is 25.1. The largest absolute Gasteiger partial charge is 0.454 e. The van der Waals surface area contributed by atoms with Gasteiger partial charge in [-0.2, -0.15) is 0 Å². The van der Waals surface area contributed by atoms with Gasteiger partial charge in [0.2, 0.25) is 0 Å². The molecule has 0 aromatic rings. The Morgan fingerprint density at radius 1 is 0.167 bits per heavy atom. The molecule has 12 heteroatoms. The highest BCUT2D eigenvalue weighted by molar-refractivity contribution is 5.74. The normalized spacial score (nSPS) is 17.6. The van der Waals surface area contributed by atoms with Crippen molar-refractivity contribution in [3.63, 3.8) is 0 Å². The Morgan fingerprint density at radius 3 is 0.369 bits per heavy atom. The van der Waals surface area contributed by atoms with Crippen molar-refractivity contribution in [1.82, 2.24) is 0 Å². The molecule has 1 rings (SSSR count). The molecule has 1 aliphatic carbocycles. The van der Waals surface area contributed by atoms with Gasteiger partial charge in [-0.05, 0) is 38.5 Å². The van der Waals surface area contributed by atoms with Gasteiger partial charge in [-0.15, -0.1) is 0 Å². The number of esters is 6. The molecule has 0 aromatic heterocycles. The predicted octanol–water partition coefficient (Wildman–Crippen LogP) is 20.7. The van der Waals surface area contributed by atoms with E-state index in [9.17, 15) is 28.8 Å². The Bertz CT molecular complexity index is 1280. The van der Waals surface area contributed by atoms with Gasteiger partial charge in [0.25, 0.3) is 0 Å². The Kier molecular flexibility index (Phi) is 54.0. The number of hydrogen-bond donors (Lipinski definition) is 0. The van der Waals surface area contributed by atoms with E-state index in [4.69, 9.17) is 28.4 Å². The maximum absolute atomic E-state index is 14.4. The molecule has 0 saturated heterocycles. The van der Waals surface area contributed by atoms with Crippen LogP contribution in [0.15, 0.2) is 0 Å². The van der Waals surface area contributed by atoms with Crippen LogP contribution in [0.5, 0.6) is 0 Å². The quantitative estimate of drug-likeness (QED) is 0.0323. The lowest BCUT2D eigenvalue weighted by Crippen LogP contribution is -2.69. The molecule has 0 N–H and O–H groups in total. The Balaban J connectivity index is 3.95. The Labute approximate surface area is 515 Å². The van der Waals surface area contributed by atoms with Gasteiger partial charge in [-0.3, -0.25) is 28.8 Å². The lowest BCUT2D eigenvalue weighted by Gasteiger charge is -2.47. The average Bonchev–Trinajstić information content (AvgIpc) is 1.20. The standard InChI is InChI=1S/C72H132O12/c1-7-13-19-25-31-37-43-49-55-61(73)79-67-68(80-62(74)56-50-44-38-32-26-20-14-8-2)70(82-64(76)58-52-46-40-34-28-22-16-10-4)72(84-66(78)60-54-48-42-36-30-24-18-12-6)71(83-65(77)59-53-47-41-35-29-23-17-11-5)69(67)81-63(75)57-51-45-39-33-27-21-15-9-3/h67-72H,7-60H2,1-6H3. The molecule has 1 saturated carbocycles. The SMILES string of the molecule is CCCCCCCCCCC(=O)OC1C(OC(=O)CCCCCCCCCC)C(OC(=O)CCCCCCCCCC)C(OC(=O)CCCCCCCCCC)C(OC(=O)CCCCCCCCCC)C1OC(=O)CCCCCCCCCC. The fourth-order valence-corrected chi connectivity index (χ4v) is 11.6. The summed E-state index contributed by atoms with van der Waals surface area (Å²) >= 11 is 0. The summed E-state index contributed by atoms with van der Waals surface area (Å²) in [6.45, 7) is 13.2. The van der Waals surface area contributed by atoms with Crippen LogP contribution in [0.4, 0.5) is 0 Å². The summed E-state index contributed by atoms with van der Waals surface area (Å²) in [5.41, 5.74) is 0. The Morgan fingerprint density at radius 2 is 0.262 bits per heavy atom. The van der Waals surface area contributed by atoms with Crippen LogP contribution in [0.1, 0.15) is 388 Å². The second kappa shape index (κ2) is 57.6. The number of carbonyl (C=O) groups excluding carboxylic acids is 6. The molecular weight excluding hydrogens is 1060 g/mol. The van der Waals surface area contributed by atoms with Crippen LogP contribution in [0.25, 0.3) is 0 Å². The van der Waals surface area contributed by atoms with Gasteiger partial charge in [-0.1, -0.05) is 311 Å². The van der Waals surface area contributed by atoms with Crippen LogP contribution in [-0.2, 0) is 57.2 Å². The first-order chi connectivity index (χ1) is 41.1. The summed E-state index contributed by atoms with van der Waals surface area (Å²) in [6.07, 6.45) is 39.6. The van der Waals surface area contributed by atoms with E-state index in [-0.39, 0.29) is 38.5 Å². The van der Waals surface area contributed by atoms with E-state index >= 15 is 0 Å². The minimum Gasteiger partial charge on any atom is -0.454 e. The molecule has 0 unspecified atom stereocenters. The molecule has 0 spiro atoms. The fourth-order valence-electron chi connectivity index (χ4n) is 11.6. The van der Waals surface area contributed by atoms with Crippen molar-refractivity contribution < 1.29 is 57.2 Å². The zero-order valence-corrected chi connectivity index (χ0v) is 55.5. The van der Waals surface area contributed by atoms with Crippen LogP contribution < -0.4 is 0 Å². The summed E-state index contributed by atoms with van der Waals surface area (Å²) in [6, 6.07) is 0. The monoisotopic (exact) mass is 1190 g/mol. The highest BCUT2D eigenvalue weighted by Crippen LogP contribution is 2.37. The van der Waals surface area contributed by atoms with E-state index in [0.29, 0.717) is 38.5 Å². The number of ether oxygens (including phenoxy) is 6. The van der Waals surface area contributed by atoms with Crippen molar-refractivity contribution in [2.24, 2.45) is 0 Å². The third-order valence-electron chi connectivity index (χ3n) is 17.0. The molecule has 12 nitrogen and oxygen atoms in total. The highest BCUT2D eigenvalue weighted by Gasteiger charge is 2.61. The number of hydrogen-bond acceptors (Lipinski definition) is 12. The van der Waals surface area contributed by atoms with Crippen molar-refractivity contribution in [1.29, 1.82) is 0 Å². The number of rotatable bonds is 60. The van der Waals surface area contributed by atoms with Gasteiger partial charge in [0, 0.05) is 38.5 Å². The summed E-state index contributed by atoms with van der Waals surface area (Å²) in [5, 5.41) is 0. The first-order valence-corrected chi connectivity index (χ1v) is 36.2. The summed E-state index contributed by atoms with van der Waals surface area (Å²) < 4.78 is 38.7. The summed E-state index contributed by atoms with van der Waals surface area (Å²) in [5.74, 6) is -3.60. The van der Waals surface area contributed by atoms with Crippen LogP contribution >= 0.6 is 0 Å². The van der Waals surface area contributed by atoms with Crippen molar-refractivity contribution in [2.45, 2.75) is 425 Å². The zero-order chi connectivity index (χ0) is 61.4. The molecule has 84 heavy (non-hydrogen) atoms. The lowest BCUT2D eigenvalue weighted by atomic mass is 9.83. The molecule has 0 aromatic carbocycles. The van der Waals surface area contributed by atoms with E-state index in [1.54, 1.807) is 0 Å². The van der Waals surface area contributed by atoms with E-state index in [2.05, 4.69) is 41.5 Å². The lowest BCUT2D eigenvalue weighted by molar-refractivity contribution is -0.262. The zero-order valence-electron chi connectivity index (χ0n) is 55.5. The molecule has 0 aliphatic heterocycles. The molecule has 1 aliphatic rings. The van der Waals surface area contributed by atoms with Gasteiger partial charge < -0.3 is 28.4 Å². The van der Waals surface area contributed by atoms with E-state index < -0.39 is 72.4 Å². The van der Waals surface area contributed by atoms with Gasteiger partial charge >= 0.3 is 35.8 Å². The van der Waals surface area contributed by atoms with E-state index in [1.807, 2.05) is 0 Å². The smallest absolute Gasteiger partial charge is 0.306 e. The van der Waals surface area contributed by atoms with Crippen LogP contribution in [-0.4, -0.2) is 72.4 Å². The topological polar surface area (TPSA) is 158 Å². The van der Waals surface area contributed by atoms with Gasteiger partial charge in [0.15, 0.2) is 36.6 Å². The highest BCUT2D eigenvalue weighted by atomic mass is 16.7. The molecular formula is C72H132O12. The first kappa shape index (κ1) is 78.8. The van der Waals surface area contributed by atoms with Crippen LogP contribution in [0, 0.1) is 0 Å². The molecule has 1 fully saturated rings.